The van der Waals surface area contributed by atoms with E-state index in [0.717, 1.165) is 16.8 Å². The monoisotopic (exact) mass is 642 g/mol. The SMILES string of the molecule is Oc1cc(O)c(OC(O)c2c(I)ccc(I)c2I)c(O)c1O. The Morgan fingerprint density at radius 1 is 0.864 bits per heavy atom. The predicted molar refractivity (Wildman–Crippen MR) is 103 cm³/mol. The highest BCUT2D eigenvalue weighted by Gasteiger charge is 2.24. The van der Waals surface area contributed by atoms with Gasteiger partial charge in [0.25, 0.3) is 0 Å². The molecule has 0 spiro atoms. The first-order valence-corrected chi connectivity index (χ1v) is 8.92. The third-order valence-corrected chi connectivity index (χ3v) is 6.78. The Morgan fingerprint density at radius 2 is 1.45 bits per heavy atom. The number of aromatic hydroxyl groups is 4. The lowest BCUT2D eigenvalue weighted by molar-refractivity contribution is -0.0243. The molecule has 1 unspecified atom stereocenters. The van der Waals surface area contributed by atoms with Crippen LogP contribution in [0.25, 0.3) is 0 Å². The smallest absolute Gasteiger partial charge is 0.226 e. The van der Waals surface area contributed by atoms with Crippen molar-refractivity contribution >= 4 is 67.8 Å². The van der Waals surface area contributed by atoms with Crippen LogP contribution in [0.5, 0.6) is 28.7 Å². The van der Waals surface area contributed by atoms with Gasteiger partial charge in [-0.25, -0.2) is 0 Å². The van der Waals surface area contributed by atoms with Crippen molar-refractivity contribution in [1.82, 2.24) is 0 Å². The molecule has 0 aliphatic heterocycles. The maximum atomic E-state index is 10.3. The molecule has 2 aromatic rings. The maximum Gasteiger partial charge on any atom is 0.226 e. The fourth-order valence-corrected chi connectivity index (χ4v) is 4.11. The minimum Gasteiger partial charge on any atom is -0.504 e. The molecule has 22 heavy (non-hydrogen) atoms. The van der Waals surface area contributed by atoms with E-state index in [1.165, 1.54) is 0 Å². The molecule has 0 bridgehead atoms. The van der Waals surface area contributed by atoms with Gasteiger partial charge in [0, 0.05) is 22.3 Å². The molecule has 2 aromatic carbocycles. The van der Waals surface area contributed by atoms with E-state index in [2.05, 4.69) is 45.2 Å². The fourth-order valence-electron chi connectivity index (χ4n) is 1.67. The van der Waals surface area contributed by atoms with E-state index in [1.807, 2.05) is 28.7 Å². The van der Waals surface area contributed by atoms with Crippen molar-refractivity contribution in [1.29, 1.82) is 0 Å². The van der Waals surface area contributed by atoms with Crippen molar-refractivity contribution in [3.05, 3.63) is 34.5 Å². The summed E-state index contributed by atoms with van der Waals surface area (Å²) in [6.07, 6.45) is -1.48. The van der Waals surface area contributed by atoms with Crippen LogP contribution >= 0.6 is 67.8 Å². The van der Waals surface area contributed by atoms with E-state index < -0.39 is 35.0 Å². The van der Waals surface area contributed by atoms with E-state index in [9.17, 15) is 25.5 Å². The molecule has 6 nitrogen and oxygen atoms in total. The van der Waals surface area contributed by atoms with Gasteiger partial charge in [-0.05, 0) is 79.9 Å². The van der Waals surface area contributed by atoms with Crippen LogP contribution in [-0.2, 0) is 0 Å². The summed E-state index contributed by atoms with van der Waals surface area (Å²) in [5.41, 5.74) is 0.472. The lowest BCUT2D eigenvalue weighted by Crippen LogP contribution is -2.11. The minimum absolute atomic E-state index is 0.472. The van der Waals surface area contributed by atoms with Crippen molar-refractivity contribution in [3.8, 4) is 28.7 Å². The number of aliphatic hydroxyl groups excluding tert-OH is 1. The van der Waals surface area contributed by atoms with Gasteiger partial charge in [-0.1, -0.05) is 0 Å². The van der Waals surface area contributed by atoms with E-state index >= 15 is 0 Å². The van der Waals surface area contributed by atoms with Crippen molar-refractivity contribution in [2.24, 2.45) is 0 Å². The summed E-state index contributed by atoms with van der Waals surface area (Å²) in [5.74, 6) is -3.52. The molecule has 0 aromatic heterocycles. The number of phenolic OH excluding ortho intramolecular Hbond substituents is 4. The highest BCUT2D eigenvalue weighted by atomic mass is 127. The molecule has 9 heteroatoms. The minimum atomic E-state index is -1.48. The Balaban J connectivity index is 2.45. The summed E-state index contributed by atoms with van der Waals surface area (Å²) < 4.78 is 7.58. The lowest BCUT2D eigenvalue weighted by atomic mass is 10.2. The normalized spacial score (nSPS) is 12.2. The molecule has 0 amide bonds. The third kappa shape index (κ3) is 3.41. The molecule has 0 saturated carbocycles. The van der Waals surface area contributed by atoms with Crippen LogP contribution in [0.2, 0.25) is 0 Å². The highest BCUT2D eigenvalue weighted by molar-refractivity contribution is 14.1. The van der Waals surface area contributed by atoms with E-state index in [4.69, 9.17) is 4.74 Å². The van der Waals surface area contributed by atoms with Crippen LogP contribution in [0.1, 0.15) is 11.9 Å². The lowest BCUT2D eigenvalue weighted by Gasteiger charge is -2.19. The summed E-state index contributed by atoms with van der Waals surface area (Å²) in [7, 11) is 0. The van der Waals surface area contributed by atoms with E-state index in [0.29, 0.717) is 5.56 Å². The zero-order chi connectivity index (χ0) is 16.6. The molecule has 1 atom stereocenters. The first kappa shape index (κ1) is 17.9. The molecular formula is C13H9I3O6. The number of phenols is 4. The maximum absolute atomic E-state index is 10.3. The molecule has 0 radical (unpaired) electrons. The Hall–Kier alpha value is -0.410. The van der Waals surface area contributed by atoms with Crippen molar-refractivity contribution in [2.75, 3.05) is 0 Å². The third-order valence-electron chi connectivity index (χ3n) is 2.74. The van der Waals surface area contributed by atoms with Crippen LogP contribution in [0, 0.1) is 10.7 Å². The number of hydrogen-bond acceptors (Lipinski definition) is 6. The van der Waals surface area contributed by atoms with E-state index in [-0.39, 0.29) is 0 Å². The number of aliphatic hydroxyl groups is 1. The van der Waals surface area contributed by atoms with Crippen LogP contribution < -0.4 is 4.74 Å². The van der Waals surface area contributed by atoms with Gasteiger partial charge >= 0.3 is 0 Å². The number of ether oxygens (including phenoxy) is 1. The molecule has 2 rings (SSSR count). The van der Waals surface area contributed by atoms with Crippen molar-refractivity contribution in [3.63, 3.8) is 0 Å². The van der Waals surface area contributed by atoms with Gasteiger partial charge < -0.3 is 30.3 Å². The van der Waals surface area contributed by atoms with Gasteiger partial charge in [-0.3, -0.25) is 0 Å². The van der Waals surface area contributed by atoms with Gasteiger partial charge in [0.15, 0.2) is 11.5 Å². The summed E-state index contributed by atoms with van der Waals surface area (Å²) in [6, 6.07) is 4.48. The van der Waals surface area contributed by atoms with Crippen molar-refractivity contribution in [2.45, 2.75) is 6.29 Å². The second-order valence-electron chi connectivity index (χ2n) is 4.17. The number of halogens is 3. The van der Waals surface area contributed by atoms with E-state index in [1.54, 1.807) is 6.07 Å². The fraction of sp³-hybridized carbons (Fsp3) is 0.0769. The van der Waals surface area contributed by atoms with Gasteiger partial charge in [0.05, 0.1) is 0 Å². The zero-order valence-electron chi connectivity index (χ0n) is 10.6. The Morgan fingerprint density at radius 3 is 2.09 bits per heavy atom. The predicted octanol–water partition coefficient (Wildman–Crippen LogP) is 3.39. The molecule has 0 aliphatic rings. The second kappa shape index (κ2) is 7.00. The first-order chi connectivity index (χ1) is 10.2. The van der Waals surface area contributed by atoms with Crippen LogP contribution in [0.15, 0.2) is 18.2 Å². The quantitative estimate of drug-likeness (QED) is 0.116. The molecule has 118 valence electrons. The van der Waals surface area contributed by atoms with Gasteiger partial charge in [-0.2, -0.15) is 0 Å². The van der Waals surface area contributed by atoms with Crippen LogP contribution in [0.3, 0.4) is 0 Å². The topological polar surface area (TPSA) is 110 Å². The summed E-state index contributed by atoms with van der Waals surface area (Å²) in [5, 5.41) is 48.5. The van der Waals surface area contributed by atoms with Crippen molar-refractivity contribution < 1.29 is 30.3 Å². The molecule has 5 N–H and O–H groups in total. The molecule has 0 fully saturated rings. The van der Waals surface area contributed by atoms with Gasteiger partial charge in [0.2, 0.25) is 23.5 Å². The Labute approximate surface area is 166 Å². The number of rotatable bonds is 3. The van der Waals surface area contributed by atoms with Gasteiger partial charge in [-0.15, -0.1) is 0 Å². The zero-order valence-corrected chi connectivity index (χ0v) is 17.1. The largest absolute Gasteiger partial charge is 0.504 e. The molecule has 0 heterocycles. The first-order valence-electron chi connectivity index (χ1n) is 5.69. The van der Waals surface area contributed by atoms with Gasteiger partial charge in [0.1, 0.15) is 0 Å². The molecule has 0 aliphatic carbocycles. The average molecular weight is 642 g/mol. The summed E-state index contributed by atoms with van der Waals surface area (Å²) in [4.78, 5) is 0. The standard InChI is InChI=1S/C13H9I3O6/c14-4-1-2-5(15)9(16)8(4)13(21)22-12-7(18)3-6(17)10(19)11(12)20/h1-3,13,17-21H. The average Bonchev–Trinajstić information content (AvgIpc) is 2.45. The number of benzene rings is 2. The highest BCUT2D eigenvalue weighted by Crippen LogP contribution is 2.49. The Kier molecular flexibility index (Phi) is 5.71. The van der Waals surface area contributed by atoms with Crippen LogP contribution in [0.4, 0.5) is 0 Å². The molecular weight excluding hydrogens is 633 g/mol. The number of hydrogen-bond donors (Lipinski definition) is 5. The molecule has 0 saturated heterocycles. The summed E-state index contributed by atoms with van der Waals surface area (Å²) in [6.45, 7) is 0. The van der Waals surface area contributed by atoms with Crippen LogP contribution in [-0.4, -0.2) is 25.5 Å². The Bertz CT molecular complexity index is 734. The summed E-state index contributed by atoms with van der Waals surface area (Å²) >= 11 is 6.18. The second-order valence-corrected chi connectivity index (χ2v) is 7.57.